The van der Waals surface area contributed by atoms with E-state index in [1.165, 1.54) is 37.5 Å². The molecule has 30 heavy (non-hydrogen) atoms. The number of hydrogen-bond acceptors (Lipinski definition) is 6. The van der Waals surface area contributed by atoms with Crippen molar-refractivity contribution in [2.24, 2.45) is 0 Å². The average molecular weight is 434 g/mol. The molecule has 0 bridgehead atoms. The Morgan fingerprint density at radius 2 is 1.50 bits per heavy atom. The van der Waals surface area contributed by atoms with Crippen molar-refractivity contribution >= 4 is 23.8 Å². The molecule has 0 unspecified atom stereocenters. The van der Waals surface area contributed by atoms with Crippen LogP contribution in [0, 0.1) is 0 Å². The predicted molar refractivity (Wildman–Crippen MR) is 101 cm³/mol. The minimum atomic E-state index is -1.10. The van der Waals surface area contributed by atoms with E-state index in [0.29, 0.717) is 22.6 Å². The van der Waals surface area contributed by atoms with Gasteiger partial charge in [-0.25, -0.2) is 9.59 Å². The molecule has 8 nitrogen and oxygen atoms in total. The maximum Gasteiger partial charge on any atom is 1.00 e. The number of carbonyl (C=O) groups excluding carboxylic acids is 1. The third-order valence-corrected chi connectivity index (χ3v) is 3.47. The van der Waals surface area contributed by atoms with Crippen LogP contribution in [0.25, 0.3) is 6.08 Å². The summed E-state index contributed by atoms with van der Waals surface area (Å²) in [5, 5.41) is 17.2. The van der Waals surface area contributed by atoms with Crippen LogP contribution in [0.2, 0.25) is 0 Å². The van der Waals surface area contributed by atoms with Gasteiger partial charge >= 0.3 is 71.1 Å². The number of aliphatic carboxylic acids is 2. The molecule has 0 atom stereocenters. The first-order valence-electron chi connectivity index (χ1n) is 8.08. The van der Waals surface area contributed by atoms with Crippen molar-refractivity contribution < 1.29 is 101 Å². The molecule has 0 aliphatic heterocycles. The van der Waals surface area contributed by atoms with Gasteiger partial charge in [0.05, 0.1) is 7.11 Å². The standard InChI is InChI=1S/C20H18O8.2Na.2H/c1-26-18-10-13(3-9-17(18)28-12-20(24)25)2-8-16(21)14-4-6-15(7-5-14)27-11-19(22)23;;;;/h2-10H,11-12H2,1H3,(H,22,23)(H,24,25);;;;/q;2*+1;2*-1. The fourth-order valence-electron chi connectivity index (χ4n) is 2.18. The number of carboxylic acids is 2. The number of carboxylic acid groups (broad SMARTS) is 2. The second-order valence-electron chi connectivity index (χ2n) is 5.50. The Morgan fingerprint density at radius 1 is 0.900 bits per heavy atom. The van der Waals surface area contributed by atoms with Crippen LogP contribution in [0.15, 0.2) is 48.5 Å². The zero-order valence-corrected chi connectivity index (χ0v) is 21.0. The largest absolute Gasteiger partial charge is 1.00 e. The summed E-state index contributed by atoms with van der Waals surface area (Å²) < 4.78 is 15.3. The van der Waals surface area contributed by atoms with E-state index in [0.717, 1.165) is 0 Å². The SMILES string of the molecule is COc1cc(C=CC(=O)c2ccc(OCC(=O)O)cc2)ccc1OCC(=O)O.[H-].[H-].[Na+].[Na+]. The maximum atomic E-state index is 12.3. The first-order valence-corrected chi connectivity index (χ1v) is 8.08. The molecule has 0 spiro atoms. The molecule has 0 radical (unpaired) electrons. The van der Waals surface area contributed by atoms with Crippen LogP contribution in [-0.2, 0) is 9.59 Å². The van der Waals surface area contributed by atoms with E-state index in [1.54, 1.807) is 24.3 Å². The molecule has 0 saturated carbocycles. The summed E-state index contributed by atoms with van der Waals surface area (Å²) in [5.41, 5.74) is 1.07. The van der Waals surface area contributed by atoms with Crippen LogP contribution >= 0.6 is 0 Å². The number of carbonyl (C=O) groups is 3. The molecule has 2 aromatic carbocycles. The monoisotopic (exact) mass is 434 g/mol. The van der Waals surface area contributed by atoms with Gasteiger partial charge in [-0.05, 0) is 48.0 Å². The van der Waals surface area contributed by atoms with E-state index in [2.05, 4.69) is 0 Å². The van der Waals surface area contributed by atoms with Gasteiger partial charge in [0, 0.05) is 5.56 Å². The fourth-order valence-corrected chi connectivity index (χ4v) is 2.18. The van der Waals surface area contributed by atoms with Crippen molar-refractivity contribution in [1.29, 1.82) is 0 Å². The van der Waals surface area contributed by atoms with Gasteiger partial charge < -0.3 is 27.3 Å². The molecule has 2 aromatic rings. The zero-order chi connectivity index (χ0) is 20.5. The summed E-state index contributed by atoms with van der Waals surface area (Å²) in [7, 11) is 1.43. The summed E-state index contributed by atoms with van der Waals surface area (Å²) >= 11 is 0. The van der Waals surface area contributed by atoms with Gasteiger partial charge in [0.15, 0.2) is 30.5 Å². The minimum Gasteiger partial charge on any atom is -1.00 e. The summed E-state index contributed by atoms with van der Waals surface area (Å²) in [6, 6.07) is 10.9. The Bertz CT molecular complexity index is 905. The number of methoxy groups -OCH3 is 1. The van der Waals surface area contributed by atoms with E-state index in [1.807, 2.05) is 0 Å². The molecular weight excluding hydrogens is 414 g/mol. The Kier molecular flexibility index (Phi) is 13.4. The van der Waals surface area contributed by atoms with Crippen LogP contribution in [0.3, 0.4) is 0 Å². The van der Waals surface area contributed by atoms with Crippen molar-refractivity contribution in [3.05, 3.63) is 59.7 Å². The Hall–Kier alpha value is -1.81. The quantitative estimate of drug-likeness (QED) is 0.227. The first kappa shape index (κ1) is 28.2. The van der Waals surface area contributed by atoms with Crippen LogP contribution < -0.4 is 73.3 Å². The van der Waals surface area contributed by atoms with E-state index in [4.69, 9.17) is 24.4 Å². The van der Waals surface area contributed by atoms with Crippen molar-refractivity contribution in [2.45, 2.75) is 0 Å². The third kappa shape index (κ3) is 9.34. The van der Waals surface area contributed by atoms with Crippen LogP contribution in [-0.4, -0.2) is 48.3 Å². The van der Waals surface area contributed by atoms with Gasteiger partial charge in [-0.2, -0.15) is 0 Å². The molecule has 2 N–H and O–H groups in total. The summed E-state index contributed by atoms with van der Waals surface area (Å²) in [4.78, 5) is 33.3. The normalized spacial score (nSPS) is 9.77. The second kappa shape index (κ2) is 14.2. The number of allylic oxidation sites excluding steroid dienone is 1. The average Bonchev–Trinajstić information content (AvgIpc) is 2.69. The van der Waals surface area contributed by atoms with Crippen LogP contribution in [0.5, 0.6) is 17.2 Å². The molecule has 0 aliphatic rings. The predicted octanol–water partition coefficient (Wildman–Crippen LogP) is -3.25. The van der Waals surface area contributed by atoms with Crippen molar-refractivity contribution in [3.63, 3.8) is 0 Å². The van der Waals surface area contributed by atoms with E-state index >= 15 is 0 Å². The van der Waals surface area contributed by atoms with Gasteiger partial charge in [0.1, 0.15) is 5.75 Å². The van der Waals surface area contributed by atoms with Gasteiger partial charge in [0.2, 0.25) is 0 Å². The third-order valence-electron chi connectivity index (χ3n) is 3.47. The molecule has 0 heterocycles. The number of benzene rings is 2. The van der Waals surface area contributed by atoms with E-state index in [-0.39, 0.29) is 73.5 Å². The van der Waals surface area contributed by atoms with Crippen LogP contribution in [0.4, 0.5) is 0 Å². The smallest absolute Gasteiger partial charge is 1.00 e. The molecule has 150 valence electrons. The molecule has 10 heteroatoms. The number of hydrogen-bond donors (Lipinski definition) is 2. The first-order chi connectivity index (χ1) is 13.4. The summed E-state index contributed by atoms with van der Waals surface area (Å²) in [6.45, 7) is -0.947. The Morgan fingerprint density at radius 3 is 2.07 bits per heavy atom. The van der Waals surface area contributed by atoms with E-state index < -0.39 is 25.2 Å². The number of ether oxygens (including phenoxy) is 3. The van der Waals surface area contributed by atoms with Gasteiger partial charge in [-0.15, -0.1) is 0 Å². The van der Waals surface area contributed by atoms with Crippen LogP contribution in [0.1, 0.15) is 18.8 Å². The van der Waals surface area contributed by atoms with Crippen molar-refractivity contribution in [3.8, 4) is 17.2 Å². The molecule has 0 aromatic heterocycles. The van der Waals surface area contributed by atoms with Gasteiger partial charge in [-0.1, -0.05) is 12.1 Å². The maximum absolute atomic E-state index is 12.3. The van der Waals surface area contributed by atoms with Gasteiger partial charge in [0.25, 0.3) is 0 Å². The van der Waals surface area contributed by atoms with Crippen molar-refractivity contribution in [1.82, 2.24) is 0 Å². The molecule has 0 amide bonds. The van der Waals surface area contributed by atoms with E-state index in [9.17, 15) is 14.4 Å². The van der Waals surface area contributed by atoms with Gasteiger partial charge in [-0.3, -0.25) is 4.79 Å². The Labute approximate surface area is 220 Å². The molecule has 0 fully saturated rings. The number of rotatable bonds is 10. The summed E-state index contributed by atoms with van der Waals surface area (Å²) in [6.07, 6.45) is 2.96. The van der Waals surface area contributed by atoms with Crippen molar-refractivity contribution in [2.75, 3.05) is 20.3 Å². The topological polar surface area (TPSA) is 119 Å². The molecular formula is C20H20Na2O8. The Balaban J connectivity index is -0.00000210. The number of ketones is 1. The molecule has 0 aliphatic carbocycles. The molecule has 2 rings (SSSR count). The fraction of sp³-hybridized carbons (Fsp3) is 0.150. The zero-order valence-electron chi connectivity index (χ0n) is 19.0. The second-order valence-corrected chi connectivity index (χ2v) is 5.50. The molecule has 0 saturated heterocycles. The minimum absolute atomic E-state index is 0. The summed E-state index contributed by atoms with van der Waals surface area (Å²) in [5.74, 6) is -1.46.